The monoisotopic (exact) mass is 764 g/mol. The molecular weight excluding hydrogens is 708 g/mol. The zero-order valence-corrected chi connectivity index (χ0v) is 30.9. The van der Waals surface area contributed by atoms with Crippen LogP contribution in [0.2, 0.25) is 0 Å². The van der Waals surface area contributed by atoms with E-state index in [0.29, 0.717) is 12.0 Å². The largest absolute Gasteiger partial charge is 0.478 e. The van der Waals surface area contributed by atoms with E-state index in [1.165, 1.54) is 12.3 Å². The van der Waals surface area contributed by atoms with Crippen LogP contribution in [0, 0.1) is 11.8 Å². The van der Waals surface area contributed by atoms with E-state index < -0.39 is 73.5 Å². The van der Waals surface area contributed by atoms with Crippen molar-refractivity contribution in [2.24, 2.45) is 22.6 Å². The number of rotatable bonds is 17. The van der Waals surface area contributed by atoms with Crippen LogP contribution in [0.5, 0.6) is 0 Å². The molecule has 2 fully saturated rings. The van der Waals surface area contributed by atoms with Crippen molar-refractivity contribution in [3.63, 3.8) is 0 Å². The lowest BCUT2D eigenvalue weighted by Gasteiger charge is -2.44. The first-order valence-corrected chi connectivity index (χ1v) is 18.4. The number of carbonyl (C=O) groups excluding carboxylic acids is 1. The number of aliphatic carboxylic acids is 1. The highest BCUT2D eigenvalue weighted by atomic mass is 16.8. The number of aliphatic hydroxyl groups excluding tert-OH is 5. The van der Waals surface area contributed by atoms with Crippen LogP contribution in [0.25, 0.3) is 0 Å². The summed E-state index contributed by atoms with van der Waals surface area (Å²) < 4.78 is 29.9. The molecule has 54 heavy (non-hydrogen) atoms. The molecule has 0 spiro atoms. The lowest BCUT2D eigenvalue weighted by atomic mass is 9.83. The molecule has 0 aromatic heterocycles. The molecule has 0 aromatic rings. The van der Waals surface area contributed by atoms with Crippen molar-refractivity contribution < 1.29 is 63.9 Å². The van der Waals surface area contributed by atoms with Gasteiger partial charge in [0, 0.05) is 37.4 Å². The van der Waals surface area contributed by atoms with E-state index in [-0.39, 0.29) is 61.8 Å². The number of carboxylic acid groups (broad SMARTS) is 1. The number of aliphatic hydroxyl groups is 5. The highest BCUT2D eigenvalue weighted by molar-refractivity contribution is 5.92. The molecule has 0 amide bonds. The number of allylic oxidation sites excluding steroid dienone is 2. The van der Waals surface area contributed by atoms with Gasteiger partial charge in [0.2, 0.25) is 6.29 Å². The van der Waals surface area contributed by atoms with Gasteiger partial charge >= 0.3 is 11.9 Å². The van der Waals surface area contributed by atoms with Gasteiger partial charge in [0.05, 0.1) is 54.9 Å². The summed E-state index contributed by atoms with van der Waals surface area (Å²) in [7, 11) is 0. The number of hydrogen-bond donors (Lipinski definition) is 8. The van der Waals surface area contributed by atoms with Gasteiger partial charge in [-0.05, 0) is 46.0 Å². The van der Waals surface area contributed by atoms with Gasteiger partial charge in [-0.15, -0.1) is 6.58 Å². The van der Waals surface area contributed by atoms with Gasteiger partial charge in [-0.2, -0.15) is 0 Å². The maximum Gasteiger partial charge on any atom is 0.338 e. The van der Waals surface area contributed by atoms with E-state index in [0.717, 1.165) is 32.1 Å². The van der Waals surface area contributed by atoms with Crippen molar-refractivity contribution in [2.45, 2.75) is 102 Å². The molecule has 0 aromatic carbocycles. The molecule has 1 aliphatic carbocycles. The SMILES string of the molecule is C=C[C@H]1[C@H](O[C@@H]2O[C@H](CO)[C@@H](O)[C@H](O)[C@H]2OC(C)C)OC=C(C(=O)OC2CCCCC2)[C@H]1/C=C/C1=CN(CCO)CC(C(=O)O)=C1NC(N)=NCCCO. The molecule has 9 N–H and O–H groups in total. The molecule has 302 valence electrons. The third-order valence-electron chi connectivity index (χ3n) is 9.53. The van der Waals surface area contributed by atoms with Crippen molar-refractivity contribution in [3.05, 3.63) is 59.7 Å². The fourth-order valence-electron chi connectivity index (χ4n) is 6.77. The summed E-state index contributed by atoms with van der Waals surface area (Å²) >= 11 is 0. The van der Waals surface area contributed by atoms with E-state index in [2.05, 4.69) is 16.9 Å². The second-order valence-electron chi connectivity index (χ2n) is 13.8. The number of β-amino-alcohol motifs (C(OH)–C–C–N with tert-alkyl or cyclic N) is 1. The summed E-state index contributed by atoms with van der Waals surface area (Å²) in [5.41, 5.74) is 6.67. The number of guanidine groups is 1. The maximum absolute atomic E-state index is 13.8. The van der Waals surface area contributed by atoms with Crippen molar-refractivity contribution in [1.29, 1.82) is 0 Å². The predicted molar refractivity (Wildman–Crippen MR) is 194 cm³/mol. The minimum atomic E-state index is -1.48. The zero-order valence-electron chi connectivity index (χ0n) is 30.9. The Hall–Kier alpha value is -3.81. The highest BCUT2D eigenvalue weighted by Gasteiger charge is 2.49. The number of ether oxygens (including phenoxy) is 5. The summed E-state index contributed by atoms with van der Waals surface area (Å²) in [5, 5.41) is 63.3. The van der Waals surface area contributed by atoms with Crippen molar-refractivity contribution >= 4 is 17.9 Å². The Morgan fingerprint density at radius 1 is 1.13 bits per heavy atom. The normalized spacial score (nSPS) is 29.9. The van der Waals surface area contributed by atoms with Crippen LogP contribution >= 0.6 is 0 Å². The Kier molecular flexibility index (Phi) is 16.5. The molecule has 4 rings (SSSR count). The molecule has 3 aliphatic heterocycles. The first-order valence-electron chi connectivity index (χ1n) is 18.4. The fourth-order valence-corrected chi connectivity index (χ4v) is 6.77. The second-order valence-corrected chi connectivity index (χ2v) is 13.8. The van der Waals surface area contributed by atoms with Gasteiger partial charge in [-0.25, -0.2) is 9.59 Å². The molecule has 0 radical (unpaired) electrons. The third-order valence-corrected chi connectivity index (χ3v) is 9.53. The van der Waals surface area contributed by atoms with E-state index >= 15 is 0 Å². The molecule has 1 saturated carbocycles. The number of nitrogens with zero attached hydrogens (tertiary/aromatic N) is 2. The molecule has 0 unspecified atom stereocenters. The lowest BCUT2D eigenvalue weighted by Crippen LogP contribution is -2.61. The molecular formula is C37H56N4O13. The minimum absolute atomic E-state index is 0.0583. The number of esters is 1. The van der Waals surface area contributed by atoms with Crippen LogP contribution in [0.3, 0.4) is 0 Å². The highest BCUT2D eigenvalue weighted by Crippen LogP contribution is 2.38. The molecule has 17 heteroatoms. The Balaban J connectivity index is 1.74. The Morgan fingerprint density at radius 2 is 1.87 bits per heavy atom. The van der Waals surface area contributed by atoms with Crippen LogP contribution in [-0.4, -0.2) is 142 Å². The number of nitrogens with two attached hydrogens (primary N) is 1. The zero-order chi connectivity index (χ0) is 39.4. The summed E-state index contributed by atoms with van der Waals surface area (Å²) in [6, 6.07) is 0. The number of aliphatic imine (C=N–C) groups is 1. The van der Waals surface area contributed by atoms with Gasteiger partial charge < -0.3 is 70.3 Å². The first-order chi connectivity index (χ1) is 25.9. The van der Waals surface area contributed by atoms with Crippen molar-refractivity contribution in [1.82, 2.24) is 10.2 Å². The third kappa shape index (κ3) is 11.1. The number of hydrogen-bond acceptors (Lipinski definition) is 14. The van der Waals surface area contributed by atoms with Crippen LogP contribution in [-0.2, 0) is 33.3 Å². The number of nitrogens with one attached hydrogen (secondary N) is 1. The van der Waals surface area contributed by atoms with Crippen molar-refractivity contribution in [2.75, 3.05) is 39.5 Å². The van der Waals surface area contributed by atoms with E-state index in [1.807, 2.05) is 0 Å². The van der Waals surface area contributed by atoms with Crippen LogP contribution in [0.15, 0.2) is 64.7 Å². The van der Waals surface area contributed by atoms with Gasteiger partial charge in [0.25, 0.3) is 0 Å². The Bertz CT molecular complexity index is 1440. The topological polar surface area (TPSA) is 255 Å². The fraction of sp³-hybridized carbons (Fsp3) is 0.649. The smallest absolute Gasteiger partial charge is 0.338 e. The molecule has 8 atom stereocenters. The molecule has 3 heterocycles. The molecule has 4 aliphatic rings. The van der Waals surface area contributed by atoms with Crippen LogP contribution in [0.4, 0.5) is 0 Å². The average Bonchev–Trinajstić information content (AvgIpc) is 3.14. The Morgan fingerprint density at radius 3 is 2.50 bits per heavy atom. The minimum Gasteiger partial charge on any atom is -0.478 e. The Labute approximate surface area is 315 Å². The quantitative estimate of drug-likeness (QED) is 0.0322. The predicted octanol–water partition coefficient (Wildman–Crippen LogP) is 0.144. The standard InChI is InChI=1S/C37H56N4O13/c1-4-24-25(12-11-22-17-41(14-16-43)18-26(33(47)48)29(22)40-37(38)39-13-8-15-42)27(34(49)52-23-9-6-5-7-10-23)20-50-35(24)54-36-32(51-21(2)3)31(46)30(45)28(19-44)53-36/h4,11-12,17,20-21,23-25,28,30-32,35-36,42-46H,1,5-10,13-16,18-19H2,2-3H3,(H,47,48)(H3,38,39,40)/b12-11+/t24-,25+,28-,30-,31+,32-,35+,36+/m1/s1. The van der Waals surface area contributed by atoms with E-state index in [9.17, 15) is 35.1 Å². The van der Waals surface area contributed by atoms with E-state index in [4.69, 9.17) is 34.5 Å². The van der Waals surface area contributed by atoms with Gasteiger partial charge in [0.1, 0.15) is 30.5 Å². The van der Waals surface area contributed by atoms with Crippen LogP contribution < -0.4 is 11.1 Å². The second kappa shape index (κ2) is 20.8. The van der Waals surface area contributed by atoms with E-state index in [1.54, 1.807) is 37.1 Å². The summed E-state index contributed by atoms with van der Waals surface area (Å²) in [4.78, 5) is 32.1. The average molecular weight is 765 g/mol. The summed E-state index contributed by atoms with van der Waals surface area (Å²) in [6.07, 6.45) is 3.81. The molecule has 0 bridgehead atoms. The lowest BCUT2D eigenvalue weighted by molar-refractivity contribution is -0.348. The first kappa shape index (κ1) is 42.9. The van der Waals surface area contributed by atoms with Gasteiger partial charge in [-0.1, -0.05) is 24.6 Å². The van der Waals surface area contributed by atoms with Crippen molar-refractivity contribution in [3.8, 4) is 0 Å². The van der Waals surface area contributed by atoms with Gasteiger partial charge in [0.15, 0.2) is 12.2 Å². The molecule has 17 nitrogen and oxygen atoms in total. The molecule has 1 saturated heterocycles. The summed E-state index contributed by atoms with van der Waals surface area (Å²) in [5.74, 6) is -3.58. The summed E-state index contributed by atoms with van der Waals surface area (Å²) in [6.45, 7) is 6.74. The van der Waals surface area contributed by atoms with Gasteiger partial charge in [-0.3, -0.25) is 4.99 Å². The maximum atomic E-state index is 13.8. The number of carboxylic acids is 1. The number of carbonyl (C=O) groups is 2. The van der Waals surface area contributed by atoms with Crippen LogP contribution in [0.1, 0.15) is 52.4 Å².